The Morgan fingerprint density at radius 2 is 0.792 bits per heavy atom. The monoisotopic (exact) mass is 306 g/mol. The van der Waals surface area contributed by atoms with Gasteiger partial charge in [-0.3, -0.25) is 0 Å². The normalized spacial score (nSPS) is 21.0. The van der Waals surface area contributed by atoms with Gasteiger partial charge in [0.05, 0.1) is 0 Å². The standard InChI is InChI=1S/C24H18/c1-3-7-17(8-4-1)21-15-23(21)19-11-13-20(14-12-19)24-16-22(24)18-9-5-2-6-10-18/h1-16,21-22H. The van der Waals surface area contributed by atoms with Crippen LogP contribution in [0.25, 0.3) is 11.1 Å². The van der Waals surface area contributed by atoms with Crippen molar-refractivity contribution in [2.75, 3.05) is 0 Å². The van der Waals surface area contributed by atoms with Gasteiger partial charge in [0.1, 0.15) is 0 Å². The van der Waals surface area contributed by atoms with Crippen LogP contribution in [-0.4, -0.2) is 0 Å². The highest BCUT2D eigenvalue weighted by Crippen LogP contribution is 2.48. The molecule has 3 aromatic rings. The van der Waals surface area contributed by atoms with Crippen LogP contribution in [0.5, 0.6) is 0 Å². The zero-order valence-electron chi connectivity index (χ0n) is 13.4. The molecule has 2 unspecified atom stereocenters. The molecule has 0 radical (unpaired) electrons. The molecular formula is C24H18. The Morgan fingerprint density at radius 3 is 1.17 bits per heavy atom. The molecule has 0 spiro atoms. The molecule has 2 aliphatic carbocycles. The van der Waals surface area contributed by atoms with Gasteiger partial charge < -0.3 is 0 Å². The summed E-state index contributed by atoms with van der Waals surface area (Å²) in [6.07, 6.45) is 4.71. The first kappa shape index (κ1) is 13.6. The van der Waals surface area contributed by atoms with Gasteiger partial charge in [0.2, 0.25) is 0 Å². The molecule has 0 saturated carbocycles. The molecule has 0 aliphatic heterocycles. The lowest BCUT2D eigenvalue weighted by atomic mass is 10.00. The van der Waals surface area contributed by atoms with E-state index in [1.54, 1.807) is 0 Å². The molecule has 5 rings (SSSR count). The van der Waals surface area contributed by atoms with E-state index >= 15 is 0 Å². The second kappa shape index (κ2) is 5.35. The average Bonchev–Trinajstić information content (AvgIpc) is 3.57. The number of allylic oxidation sites excluding steroid dienone is 4. The Morgan fingerprint density at radius 1 is 0.417 bits per heavy atom. The van der Waals surface area contributed by atoms with E-state index in [1.807, 2.05) is 0 Å². The van der Waals surface area contributed by atoms with Crippen molar-refractivity contribution < 1.29 is 0 Å². The number of hydrogen-bond donors (Lipinski definition) is 0. The van der Waals surface area contributed by atoms with Gasteiger partial charge in [-0.2, -0.15) is 0 Å². The summed E-state index contributed by atoms with van der Waals surface area (Å²) >= 11 is 0. The molecule has 0 amide bonds. The lowest BCUT2D eigenvalue weighted by Crippen LogP contribution is -1.85. The van der Waals surface area contributed by atoms with Gasteiger partial charge in [-0.1, -0.05) is 97.1 Å². The third-order valence-corrected chi connectivity index (χ3v) is 5.01. The lowest BCUT2D eigenvalue weighted by Gasteiger charge is -2.04. The first-order chi connectivity index (χ1) is 11.9. The van der Waals surface area contributed by atoms with Crippen LogP contribution in [0.2, 0.25) is 0 Å². The van der Waals surface area contributed by atoms with Crippen molar-refractivity contribution in [1.82, 2.24) is 0 Å². The van der Waals surface area contributed by atoms with E-state index in [9.17, 15) is 0 Å². The maximum absolute atomic E-state index is 2.35. The number of rotatable bonds is 4. The molecular weight excluding hydrogens is 288 g/mol. The smallest absolute Gasteiger partial charge is 0.0278 e. The van der Waals surface area contributed by atoms with Crippen LogP contribution in [-0.2, 0) is 0 Å². The maximum Gasteiger partial charge on any atom is 0.0278 e. The maximum atomic E-state index is 2.35. The molecule has 2 atom stereocenters. The summed E-state index contributed by atoms with van der Waals surface area (Å²) in [5.41, 5.74) is 8.40. The van der Waals surface area contributed by atoms with Crippen LogP contribution < -0.4 is 0 Å². The molecule has 3 aromatic carbocycles. The van der Waals surface area contributed by atoms with Crippen molar-refractivity contribution in [1.29, 1.82) is 0 Å². The first-order valence-corrected chi connectivity index (χ1v) is 8.54. The van der Waals surface area contributed by atoms with E-state index in [2.05, 4.69) is 97.1 Å². The van der Waals surface area contributed by atoms with Crippen LogP contribution in [0.1, 0.15) is 34.1 Å². The Balaban J connectivity index is 1.30. The van der Waals surface area contributed by atoms with E-state index < -0.39 is 0 Å². The van der Waals surface area contributed by atoms with Gasteiger partial charge >= 0.3 is 0 Å². The highest BCUT2D eigenvalue weighted by molar-refractivity contribution is 5.89. The molecule has 0 saturated heterocycles. The largest absolute Gasteiger partial charge is 0.0679 e. The van der Waals surface area contributed by atoms with Gasteiger partial charge in [-0.25, -0.2) is 0 Å². The van der Waals surface area contributed by atoms with Crippen LogP contribution in [0.3, 0.4) is 0 Å². The van der Waals surface area contributed by atoms with Crippen molar-refractivity contribution in [3.8, 4) is 0 Å². The van der Waals surface area contributed by atoms with Crippen molar-refractivity contribution in [2.24, 2.45) is 0 Å². The van der Waals surface area contributed by atoms with E-state index in [0.29, 0.717) is 11.8 Å². The lowest BCUT2D eigenvalue weighted by molar-refractivity contribution is 1.23. The predicted molar refractivity (Wildman–Crippen MR) is 101 cm³/mol. The summed E-state index contributed by atoms with van der Waals surface area (Å²) in [7, 11) is 0. The van der Waals surface area contributed by atoms with Crippen molar-refractivity contribution in [3.05, 3.63) is 119 Å². The van der Waals surface area contributed by atoms with Crippen molar-refractivity contribution >= 4 is 11.1 Å². The fraction of sp³-hybridized carbons (Fsp3) is 0.0833. The third kappa shape index (κ3) is 2.41. The molecule has 2 aliphatic rings. The summed E-state index contributed by atoms with van der Waals surface area (Å²) in [5.74, 6) is 1.02. The Bertz CT molecular complexity index is 848. The van der Waals surface area contributed by atoms with Gasteiger partial charge in [0, 0.05) is 11.8 Å². The van der Waals surface area contributed by atoms with Crippen LogP contribution >= 0.6 is 0 Å². The highest BCUT2D eigenvalue weighted by Gasteiger charge is 2.29. The summed E-state index contributed by atoms with van der Waals surface area (Å²) in [4.78, 5) is 0. The molecule has 24 heavy (non-hydrogen) atoms. The van der Waals surface area contributed by atoms with Crippen molar-refractivity contribution in [3.63, 3.8) is 0 Å². The van der Waals surface area contributed by atoms with Crippen LogP contribution in [0.15, 0.2) is 97.1 Å². The SMILES string of the molecule is C1=C(c2ccc(C3=CC3c3ccccc3)cc2)C1c1ccccc1. The fourth-order valence-corrected chi connectivity index (χ4v) is 3.54. The van der Waals surface area contributed by atoms with Crippen LogP contribution in [0.4, 0.5) is 0 Å². The Kier molecular flexibility index (Phi) is 3.02. The quantitative estimate of drug-likeness (QED) is 0.550. The summed E-state index contributed by atoms with van der Waals surface area (Å²) in [5, 5.41) is 0. The molecule has 0 heteroatoms. The highest BCUT2D eigenvalue weighted by atomic mass is 14.3. The molecule has 0 aromatic heterocycles. The van der Waals surface area contributed by atoms with Gasteiger partial charge in [-0.15, -0.1) is 0 Å². The summed E-state index contributed by atoms with van der Waals surface area (Å²) in [6.45, 7) is 0. The number of benzene rings is 3. The average molecular weight is 306 g/mol. The third-order valence-electron chi connectivity index (χ3n) is 5.01. The van der Waals surface area contributed by atoms with Gasteiger partial charge in [0.25, 0.3) is 0 Å². The molecule has 0 N–H and O–H groups in total. The number of hydrogen-bond acceptors (Lipinski definition) is 0. The van der Waals surface area contributed by atoms with E-state index in [4.69, 9.17) is 0 Å². The summed E-state index contributed by atoms with van der Waals surface area (Å²) < 4.78 is 0. The molecule has 0 bridgehead atoms. The van der Waals surface area contributed by atoms with E-state index in [0.717, 1.165) is 0 Å². The Hall–Kier alpha value is -2.86. The topological polar surface area (TPSA) is 0 Å². The first-order valence-electron chi connectivity index (χ1n) is 8.54. The second-order valence-electron chi connectivity index (χ2n) is 6.60. The zero-order chi connectivity index (χ0) is 15.9. The van der Waals surface area contributed by atoms with Crippen LogP contribution in [0, 0.1) is 0 Å². The van der Waals surface area contributed by atoms with Gasteiger partial charge in [0.15, 0.2) is 0 Å². The fourth-order valence-electron chi connectivity index (χ4n) is 3.54. The predicted octanol–water partition coefficient (Wildman–Crippen LogP) is 6.05. The van der Waals surface area contributed by atoms with Crippen molar-refractivity contribution in [2.45, 2.75) is 11.8 Å². The van der Waals surface area contributed by atoms with E-state index in [1.165, 1.54) is 33.4 Å². The zero-order valence-corrected chi connectivity index (χ0v) is 13.4. The second-order valence-corrected chi connectivity index (χ2v) is 6.60. The summed E-state index contributed by atoms with van der Waals surface area (Å²) in [6, 6.07) is 30.5. The minimum atomic E-state index is 0.509. The molecule has 0 nitrogen and oxygen atoms in total. The molecule has 0 heterocycles. The van der Waals surface area contributed by atoms with Gasteiger partial charge in [-0.05, 0) is 33.4 Å². The Labute approximate surface area is 142 Å². The molecule has 0 fully saturated rings. The van der Waals surface area contributed by atoms with E-state index in [-0.39, 0.29) is 0 Å². The molecule has 114 valence electrons. The minimum Gasteiger partial charge on any atom is -0.0679 e. The minimum absolute atomic E-state index is 0.509.